The van der Waals surface area contributed by atoms with Crippen molar-refractivity contribution >= 4 is 10.8 Å². The minimum atomic E-state index is 0.591. The second kappa shape index (κ2) is 4.58. The molecule has 4 nitrogen and oxygen atoms in total. The van der Waals surface area contributed by atoms with E-state index < -0.39 is 0 Å². The molecule has 0 unspecified atom stereocenters. The zero-order chi connectivity index (χ0) is 12.4. The first-order valence-corrected chi connectivity index (χ1v) is 5.98. The van der Waals surface area contributed by atoms with Crippen molar-refractivity contribution in [2.45, 2.75) is 6.42 Å². The van der Waals surface area contributed by atoms with Crippen LogP contribution in [0.5, 0.6) is 0 Å². The van der Waals surface area contributed by atoms with Crippen LogP contribution in [0, 0.1) is 0 Å². The highest BCUT2D eigenvalue weighted by Crippen LogP contribution is 2.21. The number of nitrogens with zero attached hydrogens (tertiary/aromatic N) is 3. The molecule has 3 aromatic rings. The Morgan fingerprint density at radius 3 is 2.78 bits per heavy atom. The van der Waals surface area contributed by atoms with E-state index in [9.17, 15) is 0 Å². The molecular weight excluding hydrogens is 224 g/mol. The molecule has 0 fully saturated rings. The van der Waals surface area contributed by atoms with Gasteiger partial charge in [0.1, 0.15) is 0 Å². The maximum absolute atomic E-state index is 5.52. The summed E-state index contributed by atoms with van der Waals surface area (Å²) in [5.74, 6) is 0. The first kappa shape index (κ1) is 10.9. The fourth-order valence-corrected chi connectivity index (χ4v) is 2.09. The first-order chi connectivity index (χ1) is 8.88. The molecule has 1 aromatic heterocycles. The molecule has 90 valence electrons. The maximum atomic E-state index is 5.52. The average molecular weight is 238 g/mol. The van der Waals surface area contributed by atoms with Crippen LogP contribution in [0.3, 0.4) is 0 Å². The monoisotopic (exact) mass is 238 g/mol. The summed E-state index contributed by atoms with van der Waals surface area (Å²) in [6.45, 7) is 0.591. The molecule has 0 atom stereocenters. The van der Waals surface area contributed by atoms with Crippen molar-refractivity contribution in [1.82, 2.24) is 15.0 Å². The fourth-order valence-electron chi connectivity index (χ4n) is 2.09. The number of aromatic nitrogens is 3. The van der Waals surface area contributed by atoms with Gasteiger partial charge in [-0.2, -0.15) is 0 Å². The van der Waals surface area contributed by atoms with Crippen LogP contribution in [0.15, 0.2) is 48.7 Å². The SMILES string of the molecule is NCCc1cn(-c2cccc3ccccc23)nn1. The highest BCUT2D eigenvalue weighted by Gasteiger charge is 2.05. The van der Waals surface area contributed by atoms with Crippen LogP contribution in [0.1, 0.15) is 5.69 Å². The quantitative estimate of drug-likeness (QED) is 0.758. The minimum Gasteiger partial charge on any atom is -0.330 e. The van der Waals surface area contributed by atoms with Gasteiger partial charge in [0.2, 0.25) is 0 Å². The van der Waals surface area contributed by atoms with Gasteiger partial charge in [-0.3, -0.25) is 0 Å². The molecule has 0 amide bonds. The molecule has 2 aromatic carbocycles. The van der Waals surface area contributed by atoms with Gasteiger partial charge in [-0.25, -0.2) is 4.68 Å². The van der Waals surface area contributed by atoms with E-state index in [1.165, 1.54) is 10.8 Å². The lowest BCUT2D eigenvalue weighted by molar-refractivity contribution is 0.799. The van der Waals surface area contributed by atoms with E-state index in [1.54, 1.807) is 0 Å². The lowest BCUT2D eigenvalue weighted by Crippen LogP contribution is -2.02. The van der Waals surface area contributed by atoms with Crippen LogP contribution >= 0.6 is 0 Å². The van der Waals surface area contributed by atoms with E-state index in [2.05, 4.69) is 28.5 Å². The van der Waals surface area contributed by atoms with Gasteiger partial charge >= 0.3 is 0 Å². The summed E-state index contributed by atoms with van der Waals surface area (Å²) in [6.07, 6.45) is 2.69. The molecule has 0 aliphatic heterocycles. The third-order valence-corrected chi connectivity index (χ3v) is 2.95. The lowest BCUT2D eigenvalue weighted by atomic mass is 10.1. The van der Waals surface area contributed by atoms with Crippen LogP contribution in [0.2, 0.25) is 0 Å². The molecule has 18 heavy (non-hydrogen) atoms. The molecule has 3 rings (SSSR count). The molecule has 0 aliphatic rings. The van der Waals surface area contributed by atoms with Gasteiger partial charge in [-0.05, 0) is 18.0 Å². The van der Waals surface area contributed by atoms with Crippen LogP contribution in [-0.4, -0.2) is 21.5 Å². The van der Waals surface area contributed by atoms with Gasteiger partial charge in [0.05, 0.1) is 17.6 Å². The second-order valence-electron chi connectivity index (χ2n) is 4.19. The van der Waals surface area contributed by atoms with E-state index in [1.807, 2.05) is 35.1 Å². The number of rotatable bonds is 3. The molecule has 0 saturated carbocycles. The second-order valence-corrected chi connectivity index (χ2v) is 4.19. The number of hydrogen-bond acceptors (Lipinski definition) is 3. The molecule has 0 saturated heterocycles. The molecule has 0 spiro atoms. The molecule has 0 aliphatic carbocycles. The number of hydrogen-bond donors (Lipinski definition) is 1. The Labute approximate surface area is 105 Å². The fraction of sp³-hybridized carbons (Fsp3) is 0.143. The summed E-state index contributed by atoms with van der Waals surface area (Å²) in [4.78, 5) is 0. The normalized spacial score (nSPS) is 10.9. The Morgan fingerprint density at radius 1 is 1.06 bits per heavy atom. The molecule has 4 heteroatoms. The predicted octanol–water partition coefficient (Wildman–Crippen LogP) is 1.92. The summed E-state index contributed by atoms with van der Waals surface area (Å²) in [6, 6.07) is 14.4. The van der Waals surface area contributed by atoms with E-state index in [0.29, 0.717) is 6.54 Å². The zero-order valence-electron chi connectivity index (χ0n) is 9.95. The van der Waals surface area contributed by atoms with Crippen LogP contribution < -0.4 is 5.73 Å². The highest BCUT2D eigenvalue weighted by atomic mass is 15.4. The van der Waals surface area contributed by atoms with Gasteiger partial charge in [-0.15, -0.1) is 5.10 Å². The van der Waals surface area contributed by atoms with Gasteiger partial charge in [0, 0.05) is 11.8 Å². The van der Waals surface area contributed by atoms with Crippen LogP contribution in [0.25, 0.3) is 16.5 Å². The minimum absolute atomic E-state index is 0.591. The van der Waals surface area contributed by atoms with E-state index >= 15 is 0 Å². The van der Waals surface area contributed by atoms with Gasteiger partial charge in [-0.1, -0.05) is 41.6 Å². The first-order valence-electron chi connectivity index (χ1n) is 5.98. The summed E-state index contributed by atoms with van der Waals surface area (Å²) in [5.41, 5.74) is 7.49. The average Bonchev–Trinajstić information content (AvgIpc) is 2.87. The van der Waals surface area contributed by atoms with Crippen molar-refractivity contribution in [2.75, 3.05) is 6.54 Å². The van der Waals surface area contributed by atoms with Gasteiger partial charge < -0.3 is 5.73 Å². The van der Waals surface area contributed by atoms with Crippen LogP contribution in [-0.2, 0) is 6.42 Å². The summed E-state index contributed by atoms with van der Waals surface area (Å²) in [5, 5.41) is 10.7. The Bertz CT molecular complexity index is 667. The summed E-state index contributed by atoms with van der Waals surface area (Å²) >= 11 is 0. The molecule has 1 heterocycles. The Balaban J connectivity index is 2.12. The van der Waals surface area contributed by atoms with Crippen molar-refractivity contribution in [2.24, 2.45) is 5.73 Å². The van der Waals surface area contributed by atoms with Crippen molar-refractivity contribution in [3.05, 3.63) is 54.4 Å². The highest BCUT2D eigenvalue weighted by molar-refractivity contribution is 5.89. The van der Waals surface area contributed by atoms with Gasteiger partial charge in [0.15, 0.2) is 0 Å². The van der Waals surface area contributed by atoms with Crippen molar-refractivity contribution in [3.63, 3.8) is 0 Å². The number of fused-ring (bicyclic) bond motifs is 1. The van der Waals surface area contributed by atoms with Crippen LogP contribution in [0.4, 0.5) is 0 Å². The molecular formula is C14H14N4. The third kappa shape index (κ3) is 1.87. The molecule has 0 bridgehead atoms. The smallest absolute Gasteiger partial charge is 0.0844 e. The standard InChI is InChI=1S/C14H14N4/c15-9-8-12-10-18(17-16-12)14-7-3-5-11-4-1-2-6-13(11)14/h1-7,10H,8-9,15H2. The van der Waals surface area contributed by atoms with E-state index in [4.69, 9.17) is 5.73 Å². The summed E-state index contributed by atoms with van der Waals surface area (Å²) in [7, 11) is 0. The largest absolute Gasteiger partial charge is 0.330 e. The Kier molecular flexibility index (Phi) is 2.78. The van der Waals surface area contributed by atoms with Crippen molar-refractivity contribution in [3.8, 4) is 5.69 Å². The van der Waals surface area contributed by atoms with E-state index in [0.717, 1.165) is 17.8 Å². The maximum Gasteiger partial charge on any atom is 0.0844 e. The van der Waals surface area contributed by atoms with E-state index in [-0.39, 0.29) is 0 Å². The molecule has 2 N–H and O–H groups in total. The van der Waals surface area contributed by atoms with Crippen molar-refractivity contribution < 1.29 is 0 Å². The topological polar surface area (TPSA) is 56.7 Å². The van der Waals surface area contributed by atoms with Crippen molar-refractivity contribution in [1.29, 1.82) is 0 Å². The van der Waals surface area contributed by atoms with Gasteiger partial charge in [0.25, 0.3) is 0 Å². The number of benzene rings is 2. The summed E-state index contributed by atoms with van der Waals surface area (Å²) < 4.78 is 1.81. The Hall–Kier alpha value is -2.20. The number of nitrogens with two attached hydrogens (primary N) is 1. The lowest BCUT2D eigenvalue weighted by Gasteiger charge is -2.05. The Morgan fingerprint density at radius 2 is 1.89 bits per heavy atom. The molecule has 0 radical (unpaired) electrons. The third-order valence-electron chi connectivity index (χ3n) is 2.95. The predicted molar refractivity (Wildman–Crippen MR) is 71.6 cm³/mol. The zero-order valence-corrected chi connectivity index (χ0v) is 9.95.